The van der Waals surface area contributed by atoms with Crippen LogP contribution in [0.15, 0.2) is 64.8 Å². The van der Waals surface area contributed by atoms with Crippen LogP contribution in [0.5, 0.6) is 0 Å². The van der Waals surface area contributed by atoms with Crippen molar-refractivity contribution in [2.75, 3.05) is 43.2 Å². The molecule has 0 unspecified atom stereocenters. The van der Waals surface area contributed by atoms with Crippen LogP contribution >= 0.6 is 0 Å². The number of hydrogen-bond acceptors (Lipinski definition) is 8. The average molecular weight is 680 g/mol. The number of piperazine rings is 1. The van der Waals surface area contributed by atoms with E-state index in [4.69, 9.17) is 0 Å². The normalized spacial score (nSPS) is 15.1. The van der Waals surface area contributed by atoms with Crippen molar-refractivity contribution < 1.29 is 26.8 Å². The maximum absolute atomic E-state index is 16.3. The first-order valence-electron chi connectivity index (χ1n) is 15.1. The number of sulfone groups is 1. The van der Waals surface area contributed by atoms with Crippen molar-refractivity contribution in [1.82, 2.24) is 24.8 Å². The highest BCUT2D eigenvalue weighted by atomic mass is 32.2. The molecule has 15 heteroatoms. The van der Waals surface area contributed by atoms with Gasteiger partial charge in [-0.1, -0.05) is 38.6 Å². The summed E-state index contributed by atoms with van der Waals surface area (Å²) in [6, 6.07) is 8.34. The average Bonchev–Trinajstić information content (AvgIpc) is 3.03. The van der Waals surface area contributed by atoms with Crippen LogP contribution in [-0.4, -0.2) is 78.8 Å². The number of aromatic nitrogens is 3. The third-order valence-corrected chi connectivity index (χ3v) is 9.32. The molecule has 12 nitrogen and oxygen atoms in total. The predicted octanol–water partition coefficient (Wildman–Crippen LogP) is 4.23. The van der Waals surface area contributed by atoms with E-state index in [0.717, 1.165) is 23.0 Å². The van der Waals surface area contributed by atoms with Gasteiger partial charge in [-0.2, -0.15) is 4.98 Å². The van der Waals surface area contributed by atoms with Crippen molar-refractivity contribution in [3.8, 4) is 16.9 Å². The van der Waals surface area contributed by atoms with Gasteiger partial charge in [0.25, 0.3) is 0 Å². The van der Waals surface area contributed by atoms with E-state index in [-0.39, 0.29) is 76.2 Å². The van der Waals surface area contributed by atoms with Crippen molar-refractivity contribution in [1.29, 1.82) is 0 Å². The summed E-state index contributed by atoms with van der Waals surface area (Å²) in [6.45, 7) is 9.73. The van der Waals surface area contributed by atoms with Crippen LogP contribution in [0.4, 0.5) is 25.1 Å². The quantitative estimate of drug-likeness (QED) is 0.276. The fourth-order valence-electron chi connectivity index (χ4n) is 5.90. The zero-order valence-electron chi connectivity index (χ0n) is 27.0. The number of benzene rings is 2. The summed E-state index contributed by atoms with van der Waals surface area (Å²) < 4.78 is 59.1. The van der Waals surface area contributed by atoms with E-state index < -0.39 is 38.9 Å². The number of nitrogens with zero attached hydrogens (tertiary/aromatic N) is 5. The van der Waals surface area contributed by atoms with E-state index >= 15 is 8.78 Å². The lowest BCUT2D eigenvalue weighted by molar-refractivity contribution is -0.126. The van der Waals surface area contributed by atoms with Gasteiger partial charge in [-0.3, -0.25) is 4.79 Å². The molecule has 1 aliphatic rings. The van der Waals surface area contributed by atoms with E-state index in [2.05, 4.69) is 27.2 Å². The maximum Gasteiger partial charge on any atom is 0.355 e. The van der Waals surface area contributed by atoms with Gasteiger partial charge in [-0.05, 0) is 48.7 Å². The third-order valence-electron chi connectivity index (χ3n) is 8.19. The second-order valence-corrected chi connectivity index (χ2v) is 13.7. The van der Waals surface area contributed by atoms with E-state index in [1.165, 1.54) is 31.3 Å². The lowest BCUT2D eigenvalue weighted by Gasteiger charge is -2.40. The summed E-state index contributed by atoms with van der Waals surface area (Å²) in [5.41, 5.74) is -1.65. The first-order chi connectivity index (χ1) is 22.7. The zero-order chi connectivity index (χ0) is 35.1. The Labute approximate surface area is 276 Å². The molecule has 0 spiro atoms. The van der Waals surface area contributed by atoms with Crippen LogP contribution in [0.25, 0.3) is 28.0 Å². The lowest BCUT2D eigenvalue weighted by Crippen LogP contribution is -2.54. The largest absolute Gasteiger partial charge is 0.355 e. The molecule has 252 valence electrons. The molecule has 0 radical (unpaired) electrons. The summed E-state index contributed by atoms with van der Waals surface area (Å²) in [4.78, 5) is 50.8. The van der Waals surface area contributed by atoms with Gasteiger partial charge in [0.2, 0.25) is 5.91 Å². The number of amides is 3. The fraction of sp³-hybridized carbons (Fsp3) is 0.303. The number of rotatable bonds is 7. The van der Waals surface area contributed by atoms with Crippen LogP contribution in [0.2, 0.25) is 0 Å². The van der Waals surface area contributed by atoms with Gasteiger partial charge in [0.15, 0.2) is 21.3 Å². The lowest BCUT2D eigenvalue weighted by atomic mass is 10.0. The molecule has 2 aromatic carbocycles. The number of halogens is 2. The molecular formula is C33H35F2N7O5S. The van der Waals surface area contributed by atoms with E-state index in [0.29, 0.717) is 5.56 Å². The minimum absolute atomic E-state index is 0.0131. The Kier molecular flexibility index (Phi) is 9.35. The second kappa shape index (κ2) is 13.1. The monoisotopic (exact) mass is 679 g/mol. The van der Waals surface area contributed by atoms with Crippen molar-refractivity contribution in [3.05, 3.63) is 82.8 Å². The number of hydrogen-bond donors (Lipinski definition) is 2. The molecule has 5 rings (SSSR count). The summed E-state index contributed by atoms with van der Waals surface area (Å²) in [5, 5.41) is 4.87. The van der Waals surface area contributed by atoms with Gasteiger partial charge in [0.05, 0.1) is 27.2 Å². The minimum atomic E-state index is -3.94. The Morgan fingerprint density at radius 1 is 1.08 bits per heavy atom. The molecule has 48 heavy (non-hydrogen) atoms. The number of anilines is 2. The standard InChI is InChI=1S/C33H35F2N7O5S/c1-7-26(43)40-14-15-41(19(4)17-40)30-21-16-23(35)28(27-22(34)11-9-12-24(27)37-32(44)36-5)38-31(21)42(33(45)39-30)29-20(18(2)3)10-8-13-25(29)48(6,46)47/h7-13,16,18-19H,1,14-15,17H2,2-6H3,(H2,36,37,44)/t19-/m0/s1. The Balaban J connectivity index is 1.90. The van der Waals surface area contributed by atoms with Gasteiger partial charge in [-0.25, -0.2) is 36.3 Å². The van der Waals surface area contributed by atoms with Crippen LogP contribution in [-0.2, 0) is 14.6 Å². The van der Waals surface area contributed by atoms with Crippen molar-refractivity contribution in [2.45, 2.75) is 37.6 Å². The molecule has 3 amide bonds. The molecule has 0 aliphatic carbocycles. The van der Waals surface area contributed by atoms with Crippen molar-refractivity contribution in [2.24, 2.45) is 0 Å². The first kappa shape index (κ1) is 34.2. The zero-order valence-corrected chi connectivity index (χ0v) is 27.9. The molecule has 1 saturated heterocycles. The smallest absolute Gasteiger partial charge is 0.350 e. The minimum Gasteiger partial charge on any atom is -0.350 e. The Bertz CT molecular complexity index is 2140. The number of pyridine rings is 1. The van der Waals surface area contributed by atoms with Crippen LogP contribution in [0.3, 0.4) is 0 Å². The van der Waals surface area contributed by atoms with Gasteiger partial charge in [0.1, 0.15) is 17.3 Å². The number of fused-ring (bicyclic) bond motifs is 1. The highest BCUT2D eigenvalue weighted by Crippen LogP contribution is 2.37. The predicted molar refractivity (Wildman–Crippen MR) is 179 cm³/mol. The van der Waals surface area contributed by atoms with Gasteiger partial charge in [0, 0.05) is 39.0 Å². The van der Waals surface area contributed by atoms with Crippen LogP contribution in [0, 0.1) is 11.6 Å². The molecule has 3 heterocycles. The summed E-state index contributed by atoms with van der Waals surface area (Å²) >= 11 is 0. The molecule has 2 N–H and O–H groups in total. The number of para-hydroxylation sites is 1. The molecule has 0 saturated carbocycles. The molecule has 1 fully saturated rings. The highest BCUT2D eigenvalue weighted by Gasteiger charge is 2.32. The Morgan fingerprint density at radius 3 is 2.42 bits per heavy atom. The number of nitrogens with one attached hydrogen (secondary N) is 2. The SMILES string of the molecule is C=CC(=O)N1CCN(c2nc(=O)n(-c3c(C(C)C)cccc3S(C)(=O)=O)c3nc(-c4c(F)cccc4NC(=O)NC)c(F)cc23)[C@@H](C)C1. The van der Waals surface area contributed by atoms with Crippen molar-refractivity contribution >= 4 is 44.3 Å². The van der Waals surface area contributed by atoms with E-state index in [1.54, 1.807) is 21.9 Å². The van der Waals surface area contributed by atoms with Crippen molar-refractivity contribution in [3.63, 3.8) is 0 Å². The van der Waals surface area contributed by atoms with Gasteiger partial charge < -0.3 is 20.4 Å². The number of carbonyl (C=O) groups is 2. The Morgan fingerprint density at radius 2 is 1.79 bits per heavy atom. The second-order valence-electron chi connectivity index (χ2n) is 11.8. The molecular weight excluding hydrogens is 644 g/mol. The van der Waals surface area contributed by atoms with Crippen LogP contribution in [0.1, 0.15) is 32.3 Å². The third kappa shape index (κ3) is 6.24. The molecule has 0 bridgehead atoms. The molecule has 1 aliphatic heterocycles. The Hall–Kier alpha value is -5.18. The maximum atomic E-state index is 16.3. The summed E-state index contributed by atoms with van der Waals surface area (Å²) in [7, 11) is -2.58. The first-order valence-corrected chi connectivity index (χ1v) is 17.0. The summed E-state index contributed by atoms with van der Waals surface area (Å²) in [6.07, 6.45) is 2.21. The molecule has 1 atom stereocenters. The summed E-state index contributed by atoms with van der Waals surface area (Å²) in [5.74, 6) is -2.39. The topological polar surface area (TPSA) is 147 Å². The van der Waals surface area contributed by atoms with Gasteiger partial charge in [-0.15, -0.1) is 0 Å². The fourth-order valence-corrected chi connectivity index (χ4v) is 6.79. The van der Waals surface area contributed by atoms with Gasteiger partial charge >= 0.3 is 11.7 Å². The van der Waals surface area contributed by atoms with E-state index in [1.807, 2.05) is 20.8 Å². The van der Waals surface area contributed by atoms with E-state index in [9.17, 15) is 22.8 Å². The molecule has 4 aromatic rings. The number of carbonyl (C=O) groups excluding carboxylic acids is 2. The van der Waals surface area contributed by atoms with Crippen LogP contribution < -0.4 is 21.2 Å². The number of urea groups is 1. The molecule has 2 aromatic heterocycles. The highest BCUT2D eigenvalue weighted by molar-refractivity contribution is 7.90.